The Morgan fingerprint density at radius 2 is 1.94 bits per heavy atom. The van der Waals surface area contributed by atoms with Crippen LogP contribution in [-0.2, 0) is 0 Å². The summed E-state index contributed by atoms with van der Waals surface area (Å²) in [6.07, 6.45) is 2.13. The number of carbonyl (C=O) groups is 1. The Bertz CT molecular complexity index is 463. The molecule has 0 saturated carbocycles. The molecule has 98 valence electrons. The number of nitrogens with zero attached hydrogens (tertiary/aromatic N) is 1. The Balaban J connectivity index is 2.10. The minimum Gasteiger partial charge on any atom is -0.339 e. The van der Waals surface area contributed by atoms with Crippen molar-refractivity contribution in [1.29, 1.82) is 0 Å². The summed E-state index contributed by atoms with van der Waals surface area (Å²) in [7, 11) is 0. The van der Waals surface area contributed by atoms with E-state index in [1.165, 1.54) is 0 Å². The summed E-state index contributed by atoms with van der Waals surface area (Å²) in [5, 5.41) is 0.652. The largest absolute Gasteiger partial charge is 0.339 e. The molecule has 1 heterocycles. The Morgan fingerprint density at radius 1 is 1.33 bits per heavy atom. The topological polar surface area (TPSA) is 20.3 Å². The third-order valence-electron chi connectivity index (χ3n) is 3.57. The maximum Gasteiger partial charge on any atom is 0.253 e. The van der Waals surface area contributed by atoms with Crippen LogP contribution in [0.4, 0.5) is 0 Å². The number of halogens is 2. The first-order valence-electron chi connectivity index (χ1n) is 6.13. The van der Waals surface area contributed by atoms with E-state index in [0.717, 1.165) is 29.5 Å². The molecule has 0 N–H and O–H groups in total. The first kappa shape index (κ1) is 14.1. The van der Waals surface area contributed by atoms with Crippen molar-refractivity contribution in [3.63, 3.8) is 0 Å². The molecule has 1 aliphatic heterocycles. The van der Waals surface area contributed by atoms with Crippen LogP contribution in [0.15, 0.2) is 18.2 Å². The average Bonchev–Trinajstić information content (AvgIpc) is 2.32. The van der Waals surface area contributed by atoms with Crippen molar-refractivity contribution >= 4 is 40.1 Å². The second kappa shape index (κ2) is 5.37. The van der Waals surface area contributed by atoms with Crippen LogP contribution in [0.1, 0.15) is 37.0 Å². The van der Waals surface area contributed by atoms with Crippen molar-refractivity contribution in [2.45, 2.75) is 26.7 Å². The standard InChI is InChI=1S/C14H17ClINO/c1-14(2)5-7-17(8-6-14)13(18)10-3-4-12(16)11(15)9-10/h3-4,9H,5-8H2,1-2H3. The smallest absolute Gasteiger partial charge is 0.253 e. The van der Waals surface area contributed by atoms with Gasteiger partial charge in [-0.05, 0) is 59.0 Å². The van der Waals surface area contributed by atoms with Crippen molar-refractivity contribution in [1.82, 2.24) is 4.90 Å². The summed E-state index contributed by atoms with van der Waals surface area (Å²) < 4.78 is 0.977. The molecular weight excluding hydrogens is 361 g/mol. The van der Waals surface area contributed by atoms with Crippen molar-refractivity contribution in [2.75, 3.05) is 13.1 Å². The number of hydrogen-bond acceptors (Lipinski definition) is 1. The van der Waals surface area contributed by atoms with Crippen molar-refractivity contribution in [3.8, 4) is 0 Å². The van der Waals surface area contributed by atoms with Crippen LogP contribution >= 0.6 is 34.2 Å². The third kappa shape index (κ3) is 3.18. The fourth-order valence-corrected chi connectivity index (χ4v) is 2.64. The molecule has 1 aromatic rings. The molecule has 0 bridgehead atoms. The number of rotatable bonds is 1. The van der Waals surface area contributed by atoms with E-state index in [0.29, 0.717) is 16.0 Å². The summed E-state index contributed by atoms with van der Waals surface area (Å²) >= 11 is 8.23. The lowest BCUT2D eigenvalue weighted by molar-refractivity contribution is 0.0630. The van der Waals surface area contributed by atoms with Crippen LogP contribution in [-0.4, -0.2) is 23.9 Å². The van der Waals surface area contributed by atoms with Gasteiger partial charge in [0, 0.05) is 22.2 Å². The predicted molar refractivity (Wildman–Crippen MR) is 83.1 cm³/mol. The molecule has 1 fully saturated rings. The molecule has 2 rings (SSSR count). The number of piperidine rings is 1. The van der Waals surface area contributed by atoms with Gasteiger partial charge in [0.1, 0.15) is 0 Å². The zero-order chi connectivity index (χ0) is 13.3. The van der Waals surface area contributed by atoms with Crippen LogP contribution in [0.25, 0.3) is 0 Å². The third-order valence-corrected chi connectivity index (χ3v) is 5.14. The fourth-order valence-electron chi connectivity index (χ4n) is 2.13. The van der Waals surface area contributed by atoms with Crippen LogP contribution in [0, 0.1) is 8.99 Å². The number of benzene rings is 1. The molecule has 1 saturated heterocycles. The number of carbonyl (C=O) groups excluding carboxylic acids is 1. The zero-order valence-electron chi connectivity index (χ0n) is 10.7. The lowest BCUT2D eigenvalue weighted by atomic mass is 9.82. The SMILES string of the molecule is CC1(C)CCN(C(=O)c2ccc(I)c(Cl)c2)CC1. The van der Waals surface area contributed by atoms with E-state index in [4.69, 9.17) is 11.6 Å². The molecule has 0 spiro atoms. The Hall–Kier alpha value is -0.290. The van der Waals surface area contributed by atoms with Gasteiger partial charge in [-0.3, -0.25) is 4.79 Å². The number of hydrogen-bond donors (Lipinski definition) is 0. The zero-order valence-corrected chi connectivity index (χ0v) is 13.6. The highest BCUT2D eigenvalue weighted by molar-refractivity contribution is 14.1. The molecule has 4 heteroatoms. The molecule has 1 amide bonds. The van der Waals surface area contributed by atoms with Gasteiger partial charge in [0.05, 0.1) is 5.02 Å². The van der Waals surface area contributed by atoms with Gasteiger partial charge in [0.15, 0.2) is 0 Å². The van der Waals surface area contributed by atoms with Crippen LogP contribution in [0.5, 0.6) is 0 Å². The first-order valence-corrected chi connectivity index (χ1v) is 7.59. The van der Waals surface area contributed by atoms with Gasteiger partial charge in [-0.25, -0.2) is 0 Å². The van der Waals surface area contributed by atoms with Gasteiger partial charge < -0.3 is 4.90 Å². The first-order chi connectivity index (χ1) is 8.39. The molecule has 1 aliphatic rings. The Labute approximate surface area is 127 Å². The lowest BCUT2D eigenvalue weighted by Crippen LogP contribution is -2.41. The van der Waals surface area contributed by atoms with Crippen molar-refractivity contribution < 1.29 is 4.79 Å². The monoisotopic (exact) mass is 377 g/mol. The molecule has 0 atom stereocenters. The van der Waals surface area contributed by atoms with Gasteiger partial charge >= 0.3 is 0 Å². The summed E-state index contributed by atoms with van der Waals surface area (Å²) in [5.41, 5.74) is 1.06. The van der Waals surface area contributed by atoms with Gasteiger partial charge in [-0.2, -0.15) is 0 Å². The summed E-state index contributed by atoms with van der Waals surface area (Å²) in [6.45, 7) is 6.21. The van der Waals surface area contributed by atoms with Gasteiger partial charge in [0.25, 0.3) is 5.91 Å². The average molecular weight is 378 g/mol. The summed E-state index contributed by atoms with van der Waals surface area (Å²) in [5.74, 6) is 0.101. The van der Waals surface area contributed by atoms with E-state index in [1.807, 2.05) is 17.0 Å². The van der Waals surface area contributed by atoms with Gasteiger partial charge in [-0.1, -0.05) is 25.4 Å². The van der Waals surface area contributed by atoms with E-state index in [-0.39, 0.29) is 5.91 Å². The van der Waals surface area contributed by atoms with Crippen LogP contribution in [0.2, 0.25) is 5.02 Å². The quantitative estimate of drug-likeness (QED) is 0.672. The van der Waals surface area contributed by atoms with E-state index >= 15 is 0 Å². The maximum atomic E-state index is 12.3. The molecule has 0 radical (unpaired) electrons. The molecule has 1 aromatic carbocycles. The molecule has 2 nitrogen and oxygen atoms in total. The van der Waals surface area contributed by atoms with E-state index < -0.39 is 0 Å². The predicted octanol–water partition coefficient (Wildman–Crippen LogP) is 4.21. The molecule has 0 unspecified atom stereocenters. The van der Waals surface area contributed by atoms with E-state index in [1.54, 1.807) is 6.07 Å². The number of likely N-dealkylation sites (tertiary alicyclic amines) is 1. The Kier molecular flexibility index (Phi) is 4.22. The van der Waals surface area contributed by atoms with E-state index in [9.17, 15) is 4.79 Å². The normalized spacial score (nSPS) is 18.8. The Morgan fingerprint density at radius 3 is 2.50 bits per heavy atom. The minimum atomic E-state index is 0.101. The molecular formula is C14H17ClINO. The second-order valence-electron chi connectivity index (χ2n) is 5.59. The van der Waals surface area contributed by atoms with Crippen LogP contribution < -0.4 is 0 Å². The molecule has 0 aromatic heterocycles. The maximum absolute atomic E-state index is 12.3. The highest BCUT2D eigenvalue weighted by atomic mass is 127. The summed E-state index contributed by atoms with van der Waals surface area (Å²) in [4.78, 5) is 14.3. The minimum absolute atomic E-state index is 0.101. The molecule has 18 heavy (non-hydrogen) atoms. The second-order valence-corrected chi connectivity index (χ2v) is 7.15. The fraction of sp³-hybridized carbons (Fsp3) is 0.500. The highest BCUT2D eigenvalue weighted by Crippen LogP contribution is 2.30. The highest BCUT2D eigenvalue weighted by Gasteiger charge is 2.28. The van der Waals surface area contributed by atoms with Crippen LogP contribution in [0.3, 0.4) is 0 Å². The molecule has 0 aliphatic carbocycles. The van der Waals surface area contributed by atoms with Gasteiger partial charge in [-0.15, -0.1) is 0 Å². The summed E-state index contributed by atoms with van der Waals surface area (Å²) in [6, 6.07) is 5.52. The number of amides is 1. The van der Waals surface area contributed by atoms with Gasteiger partial charge in [0.2, 0.25) is 0 Å². The van der Waals surface area contributed by atoms with Crippen molar-refractivity contribution in [2.24, 2.45) is 5.41 Å². The van der Waals surface area contributed by atoms with Crippen molar-refractivity contribution in [3.05, 3.63) is 32.4 Å². The lowest BCUT2D eigenvalue weighted by Gasteiger charge is -2.37. The van der Waals surface area contributed by atoms with E-state index in [2.05, 4.69) is 36.4 Å².